The number of amides is 1. The van der Waals surface area contributed by atoms with Crippen molar-refractivity contribution >= 4 is 45.7 Å². The lowest BCUT2D eigenvalue weighted by atomic mass is 9.65. The van der Waals surface area contributed by atoms with Crippen molar-refractivity contribution in [3.8, 4) is 0 Å². The predicted molar refractivity (Wildman–Crippen MR) is 142 cm³/mol. The summed E-state index contributed by atoms with van der Waals surface area (Å²) >= 11 is 6.10. The van der Waals surface area contributed by atoms with E-state index in [0.29, 0.717) is 22.1 Å². The fraction of sp³-hybridized carbons (Fsp3) is 0.393. The molecule has 1 aromatic heterocycles. The molecule has 0 bridgehead atoms. The van der Waals surface area contributed by atoms with Gasteiger partial charge in [0.1, 0.15) is 11.4 Å². The Kier molecular flexibility index (Phi) is 5.28. The smallest absolute Gasteiger partial charge is 0.291 e. The first-order chi connectivity index (χ1) is 17.2. The summed E-state index contributed by atoms with van der Waals surface area (Å²) in [6.45, 7) is 3.79. The number of furan rings is 1. The van der Waals surface area contributed by atoms with Crippen LogP contribution in [0.25, 0.3) is 11.0 Å². The number of ether oxygens (including phenoxy) is 1. The van der Waals surface area contributed by atoms with Crippen LogP contribution in [-0.4, -0.2) is 30.7 Å². The van der Waals surface area contributed by atoms with E-state index in [1.165, 1.54) is 5.56 Å². The first-order valence-electron chi connectivity index (χ1n) is 12.3. The molecule has 1 unspecified atom stereocenters. The van der Waals surface area contributed by atoms with E-state index in [9.17, 15) is 4.79 Å². The summed E-state index contributed by atoms with van der Waals surface area (Å²) in [6.07, 6.45) is 4.99. The van der Waals surface area contributed by atoms with E-state index in [1.54, 1.807) is 19.2 Å². The minimum Gasteiger partial charge on any atom is -0.451 e. The number of nitrogens with two attached hydrogens (primary N) is 1. The molecule has 3 N–H and O–H groups in total. The van der Waals surface area contributed by atoms with Gasteiger partial charge in [0.2, 0.25) is 0 Å². The molecule has 1 aliphatic heterocycles. The van der Waals surface area contributed by atoms with Crippen LogP contribution in [0.5, 0.6) is 0 Å². The molecule has 1 fully saturated rings. The summed E-state index contributed by atoms with van der Waals surface area (Å²) in [4.78, 5) is 23.4. The first kappa shape index (κ1) is 23.3. The van der Waals surface area contributed by atoms with Gasteiger partial charge in [-0.15, -0.1) is 0 Å². The Labute approximate surface area is 214 Å². The zero-order valence-electron chi connectivity index (χ0n) is 20.7. The molecule has 6 rings (SSSR count). The van der Waals surface area contributed by atoms with Crippen molar-refractivity contribution in [2.24, 2.45) is 21.1 Å². The molecule has 36 heavy (non-hydrogen) atoms. The van der Waals surface area contributed by atoms with Crippen LogP contribution in [0, 0.1) is 12.3 Å². The number of fused-ring (bicyclic) bond motifs is 4. The molecule has 2 aliphatic carbocycles. The van der Waals surface area contributed by atoms with Crippen LogP contribution in [0.3, 0.4) is 0 Å². The molecule has 1 saturated carbocycles. The van der Waals surface area contributed by atoms with E-state index in [1.807, 2.05) is 32.0 Å². The number of hydrogen-bond donors (Lipinski definition) is 2. The Bertz CT molecular complexity index is 1440. The summed E-state index contributed by atoms with van der Waals surface area (Å²) in [7, 11) is 1.78. The normalized spacial score (nSPS) is 26.9. The van der Waals surface area contributed by atoms with Crippen LogP contribution >= 0.6 is 11.6 Å². The van der Waals surface area contributed by atoms with Crippen molar-refractivity contribution in [2.45, 2.75) is 57.7 Å². The number of nitrogens with one attached hydrogen (secondary N) is 1. The second-order valence-electron chi connectivity index (χ2n) is 10.3. The minimum atomic E-state index is -0.762. The second kappa shape index (κ2) is 8.18. The number of halogens is 1. The third kappa shape index (κ3) is 3.33. The van der Waals surface area contributed by atoms with Crippen LogP contribution in [0.2, 0.25) is 5.02 Å². The van der Waals surface area contributed by atoms with Gasteiger partial charge in [0, 0.05) is 45.8 Å². The van der Waals surface area contributed by atoms with Gasteiger partial charge in [-0.25, -0.2) is 4.99 Å². The van der Waals surface area contributed by atoms with Crippen molar-refractivity contribution in [3.63, 3.8) is 0 Å². The van der Waals surface area contributed by atoms with E-state index in [0.717, 1.165) is 54.3 Å². The van der Waals surface area contributed by atoms with Crippen molar-refractivity contribution < 1.29 is 13.9 Å². The van der Waals surface area contributed by atoms with E-state index in [4.69, 9.17) is 36.5 Å². The highest BCUT2D eigenvalue weighted by Crippen LogP contribution is 2.62. The zero-order valence-corrected chi connectivity index (χ0v) is 21.4. The number of hydrogen-bond acceptors (Lipinski definition) is 6. The molecule has 3 aliphatic rings. The average Bonchev–Trinajstić information content (AvgIpc) is 3.44. The highest BCUT2D eigenvalue weighted by Gasteiger charge is 2.60. The Morgan fingerprint density at radius 2 is 1.94 bits per heavy atom. The van der Waals surface area contributed by atoms with Crippen molar-refractivity contribution in [2.75, 3.05) is 12.4 Å². The summed E-state index contributed by atoms with van der Waals surface area (Å²) < 4.78 is 11.5. The number of amidine groups is 1. The molecule has 1 amide bonds. The van der Waals surface area contributed by atoms with E-state index >= 15 is 0 Å². The first-order valence-corrected chi connectivity index (χ1v) is 12.7. The largest absolute Gasteiger partial charge is 0.451 e. The topological polar surface area (TPSA) is 102 Å². The van der Waals surface area contributed by atoms with Gasteiger partial charge in [-0.3, -0.25) is 9.79 Å². The van der Waals surface area contributed by atoms with Gasteiger partial charge in [0.15, 0.2) is 11.4 Å². The molecule has 7 nitrogen and oxygen atoms in total. The minimum absolute atomic E-state index is 0.149. The number of carbonyl (C=O) groups is 1. The highest BCUT2D eigenvalue weighted by atomic mass is 35.5. The molecular formula is C28H29ClN4O3. The molecule has 3 aromatic rings. The Balaban J connectivity index is 1.36. The van der Waals surface area contributed by atoms with Crippen LogP contribution in [0.4, 0.5) is 5.69 Å². The fourth-order valence-electron chi connectivity index (χ4n) is 6.35. The highest BCUT2D eigenvalue weighted by molar-refractivity contribution is 6.41. The molecule has 0 saturated heterocycles. The summed E-state index contributed by atoms with van der Waals surface area (Å²) in [5.74, 6) is 0.451. The molecule has 1 atom stereocenters. The summed E-state index contributed by atoms with van der Waals surface area (Å²) in [5, 5.41) is 4.46. The van der Waals surface area contributed by atoms with Gasteiger partial charge >= 0.3 is 0 Å². The number of carbonyl (C=O) groups excluding carboxylic acids is 1. The van der Waals surface area contributed by atoms with Crippen LogP contribution < -0.4 is 11.1 Å². The summed E-state index contributed by atoms with van der Waals surface area (Å²) in [6, 6.07) is 11.4. The predicted octanol–water partition coefficient (Wildman–Crippen LogP) is 5.76. The lowest BCUT2D eigenvalue weighted by molar-refractivity contribution is -0.000372. The summed E-state index contributed by atoms with van der Waals surface area (Å²) in [5.41, 5.74) is 10.4. The number of rotatable bonds is 3. The Morgan fingerprint density at radius 1 is 1.17 bits per heavy atom. The number of aliphatic imine (C=N–C) groups is 2. The lowest BCUT2D eigenvalue weighted by Crippen LogP contribution is -2.43. The number of aryl methyl sites for hydroxylation is 1. The van der Waals surface area contributed by atoms with Crippen molar-refractivity contribution in [3.05, 3.63) is 63.9 Å². The number of methoxy groups -OCH3 is 1. The third-order valence-corrected chi connectivity index (χ3v) is 8.56. The van der Waals surface area contributed by atoms with Crippen LogP contribution in [0.15, 0.2) is 50.8 Å². The average molecular weight is 505 g/mol. The molecule has 186 valence electrons. The van der Waals surface area contributed by atoms with Gasteiger partial charge in [-0.05, 0) is 75.8 Å². The third-order valence-electron chi connectivity index (χ3n) is 8.32. The maximum Gasteiger partial charge on any atom is 0.291 e. The number of nitrogens with zero attached hydrogens (tertiary/aromatic N) is 2. The maximum absolute atomic E-state index is 13.2. The molecule has 2 heterocycles. The van der Waals surface area contributed by atoms with Gasteiger partial charge < -0.3 is 20.2 Å². The Hall–Kier alpha value is -3.16. The van der Waals surface area contributed by atoms with Crippen molar-refractivity contribution in [1.82, 2.24) is 0 Å². The zero-order chi connectivity index (χ0) is 25.2. The quantitative estimate of drug-likeness (QED) is 0.473. The fourth-order valence-corrected chi connectivity index (χ4v) is 6.52. The lowest BCUT2D eigenvalue weighted by Gasteiger charge is -2.44. The standard InChI is InChI=1S/C28H29ClN4O3/c1-15-21-7-5-18(29)12-23(21)36-24(15)26(34)31-19-6-4-17-14-27(10-8-20(35-3)9-11-27)28(22(17)13-19)32-16(2)25(30)33-28/h4-7,12-13,20H,8-11,14H2,1-3H3,(H2,30,33)(H,31,34). The van der Waals surface area contributed by atoms with Gasteiger partial charge in [0.25, 0.3) is 5.91 Å². The van der Waals surface area contributed by atoms with E-state index < -0.39 is 5.66 Å². The molecule has 0 radical (unpaired) electrons. The number of anilines is 1. The molecule has 2 spiro atoms. The monoisotopic (exact) mass is 504 g/mol. The van der Waals surface area contributed by atoms with Gasteiger partial charge in [0.05, 0.1) is 11.8 Å². The van der Waals surface area contributed by atoms with Gasteiger partial charge in [-0.1, -0.05) is 17.7 Å². The second-order valence-corrected chi connectivity index (χ2v) is 10.7. The van der Waals surface area contributed by atoms with E-state index in [-0.39, 0.29) is 23.2 Å². The molecular weight excluding hydrogens is 476 g/mol. The van der Waals surface area contributed by atoms with E-state index in [2.05, 4.69) is 11.4 Å². The van der Waals surface area contributed by atoms with Crippen molar-refractivity contribution in [1.29, 1.82) is 0 Å². The van der Waals surface area contributed by atoms with Crippen LogP contribution in [0.1, 0.15) is 59.9 Å². The van der Waals surface area contributed by atoms with Crippen LogP contribution in [-0.2, 0) is 16.8 Å². The molecule has 2 aromatic carbocycles. The Morgan fingerprint density at radius 3 is 2.64 bits per heavy atom. The SMILES string of the molecule is COC1CCC2(CC1)Cc1ccc(NC(=O)c3oc4cc(Cl)ccc4c3C)cc1C21N=C(C)C(N)=N1. The number of benzene rings is 2. The maximum atomic E-state index is 13.2. The van der Waals surface area contributed by atoms with Gasteiger partial charge in [-0.2, -0.15) is 0 Å². The molecule has 8 heteroatoms.